The Hall–Kier alpha value is -3.16. The van der Waals surface area contributed by atoms with Gasteiger partial charge in [0.2, 0.25) is 11.9 Å². The molecular formula is C24H31N7O. The van der Waals surface area contributed by atoms with E-state index in [1.54, 1.807) is 6.33 Å². The van der Waals surface area contributed by atoms with Gasteiger partial charge in [0.05, 0.1) is 0 Å². The van der Waals surface area contributed by atoms with Gasteiger partial charge in [0, 0.05) is 45.2 Å². The highest BCUT2D eigenvalue weighted by Gasteiger charge is 2.25. The maximum atomic E-state index is 11.8. The molecule has 168 valence electrons. The van der Waals surface area contributed by atoms with Gasteiger partial charge in [-0.3, -0.25) is 9.36 Å². The van der Waals surface area contributed by atoms with Gasteiger partial charge in [-0.2, -0.15) is 0 Å². The molecule has 32 heavy (non-hydrogen) atoms. The third-order valence-corrected chi connectivity index (χ3v) is 6.46. The number of nitrogens with one attached hydrogen (secondary N) is 1. The zero-order valence-corrected chi connectivity index (χ0v) is 18.9. The topological polar surface area (TPSA) is 79.2 Å². The molecule has 2 aliphatic rings. The zero-order chi connectivity index (χ0) is 22.1. The minimum absolute atomic E-state index is 0.232. The van der Waals surface area contributed by atoms with Gasteiger partial charge in [-0.05, 0) is 44.2 Å². The number of rotatable bonds is 7. The van der Waals surface area contributed by atoms with Crippen LogP contribution in [-0.4, -0.2) is 56.5 Å². The first-order valence-electron chi connectivity index (χ1n) is 11.7. The highest BCUT2D eigenvalue weighted by molar-refractivity contribution is 5.85. The Labute approximate surface area is 188 Å². The van der Waals surface area contributed by atoms with Crippen molar-refractivity contribution < 1.29 is 4.79 Å². The van der Waals surface area contributed by atoms with Crippen LogP contribution in [0.4, 0.5) is 11.8 Å². The Kier molecular flexibility index (Phi) is 5.68. The average molecular weight is 434 g/mol. The number of aromatic nitrogens is 4. The zero-order valence-electron chi connectivity index (χ0n) is 18.9. The number of likely N-dealkylation sites (tertiary alicyclic amines) is 1. The molecule has 0 spiro atoms. The molecule has 2 aromatic heterocycles. The fourth-order valence-electron chi connectivity index (χ4n) is 4.81. The summed E-state index contributed by atoms with van der Waals surface area (Å²) in [6.45, 7) is 8.56. The Balaban J connectivity index is 1.37. The Morgan fingerprint density at radius 3 is 2.72 bits per heavy atom. The summed E-state index contributed by atoms with van der Waals surface area (Å²) in [6.07, 6.45) is 5.19. The lowest BCUT2D eigenvalue weighted by atomic mass is 10.0. The van der Waals surface area contributed by atoms with Gasteiger partial charge in [0.25, 0.3) is 0 Å². The van der Waals surface area contributed by atoms with E-state index in [1.165, 1.54) is 11.1 Å². The molecule has 1 fully saturated rings. The SMILES string of the molecule is CC(C)n1c(N2CCc3ccccc3C2)nc2c(NCCCN3CCCC3=O)ncnc21. The van der Waals surface area contributed by atoms with E-state index in [-0.39, 0.29) is 11.9 Å². The van der Waals surface area contributed by atoms with Crippen molar-refractivity contribution in [1.29, 1.82) is 0 Å². The summed E-state index contributed by atoms with van der Waals surface area (Å²) in [6, 6.07) is 8.89. The summed E-state index contributed by atoms with van der Waals surface area (Å²) in [5, 5.41) is 3.44. The second kappa shape index (κ2) is 8.76. The highest BCUT2D eigenvalue weighted by Crippen LogP contribution is 2.31. The number of hydrogen-bond acceptors (Lipinski definition) is 6. The molecule has 0 aliphatic carbocycles. The number of imidazole rings is 1. The molecule has 2 aliphatic heterocycles. The summed E-state index contributed by atoms with van der Waals surface area (Å²) in [7, 11) is 0. The molecule has 0 saturated carbocycles. The first kappa shape index (κ1) is 20.7. The molecule has 4 heterocycles. The van der Waals surface area contributed by atoms with Crippen LogP contribution in [0.1, 0.15) is 50.3 Å². The van der Waals surface area contributed by atoms with E-state index in [1.807, 2.05) is 4.90 Å². The smallest absolute Gasteiger partial charge is 0.222 e. The van der Waals surface area contributed by atoms with Crippen molar-refractivity contribution in [3.05, 3.63) is 41.7 Å². The Morgan fingerprint density at radius 1 is 1.09 bits per heavy atom. The van der Waals surface area contributed by atoms with Gasteiger partial charge in [-0.1, -0.05) is 24.3 Å². The monoisotopic (exact) mass is 433 g/mol. The third-order valence-electron chi connectivity index (χ3n) is 6.46. The quantitative estimate of drug-likeness (QED) is 0.576. The second-order valence-corrected chi connectivity index (χ2v) is 8.97. The Bertz CT molecular complexity index is 1120. The van der Waals surface area contributed by atoms with E-state index in [4.69, 9.17) is 4.98 Å². The lowest BCUT2D eigenvalue weighted by molar-refractivity contribution is -0.127. The van der Waals surface area contributed by atoms with Crippen molar-refractivity contribution >= 4 is 28.8 Å². The normalized spacial score (nSPS) is 16.3. The van der Waals surface area contributed by atoms with Crippen LogP contribution in [0.15, 0.2) is 30.6 Å². The molecule has 1 N–H and O–H groups in total. The summed E-state index contributed by atoms with van der Waals surface area (Å²) in [4.78, 5) is 30.2. The van der Waals surface area contributed by atoms with Crippen LogP contribution in [0.5, 0.6) is 0 Å². The van der Waals surface area contributed by atoms with Crippen LogP contribution < -0.4 is 10.2 Å². The van der Waals surface area contributed by atoms with E-state index < -0.39 is 0 Å². The van der Waals surface area contributed by atoms with Gasteiger partial charge in [0.15, 0.2) is 17.0 Å². The number of fused-ring (bicyclic) bond motifs is 2. The van der Waals surface area contributed by atoms with Gasteiger partial charge >= 0.3 is 0 Å². The lowest BCUT2D eigenvalue weighted by Gasteiger charge is -2.30. The van der Waals surface area contributed by atoms with Crippen molar-refractivity contribution in [2.75, 3.05) is 36.4 Å². The summed E-state index contributed by atoms with van der Waals surface area (Å²) < 4.78 is 2.22. The number of hydrogen-bond donors (Lipinski definition) is 1. The molecule has 5 rings (SSSR count). The molecule has 1 amide bonds. The molecule has 0 radical (unpaired) electrons. The minimum Gasteiger partial charge on any atom is -0.368 e. The molecule has 1 saturated heterocycles. The van der Waals surface area contributed by atoms with Gasteiger partial charge in [-0.15, -0.1) is 0 Å². The van der Waals surface area contributed by atoms with Crippen LogP contribution in [0, 0.1) is 0 Å². The standard InChI is InChI=1S/C24H31N7O/c1-17(2)31-23-21(28-24(31)30-14-10-18-7-3-4-8-19(18)15-30)22(26-16-27-23)25-11-6-13-29-12-5-9-20(29)32/h3-4,7-8,16-17H,5-6,9-15H2,1-2H3,(H,25,26,27). The van der Waals surface area contributed by atoms with Crippen molar-refractivity contribution in [2.24, 2.45) is 0 Å². The predicted molar refractivity (Wildman–Crippen MR) is 126 cm³/mol. The number of benzene rings is 1. The maximum Gasteiger partial charge on any atom is 0.222 e. The van der Waals surface area contributed by atoms with Crippen molar-refractivity contribution in [1.82, 2.24) is 24.4 Å². The van der Waals surface area contributed by atoms with E-state index in [9.17, 15) is 4.79 Å². The van der Waals surface area contributed by atoms with Crippen LogP contribution in [0.25, 0.3) is 11.2 Å². The first-order valence-corrected chi connectivity index (χ1v) is 11.7. The largest absolute Gasteiger partial charge is 0.368 e. The molecule has 1 aromatic carbocycles. The van der Waals surface area contributed by atoms with Crippen LogP contribution in [-0.2, 0) is 17.8 Å². The average Bonchev–Trinajstić information content (AvgIpc) is 3.40. The number of amides is 1. The highest BCUT2D eigenvalue weighted by atomic mass is 16.2. The van der Waals surface area contributed by atoms with Crippen molar-refractivity contribution in [2.45, 2.75) is 52.1 Å². The van der Waals surface area contributed by atoms with E-state index in [0.717, 1.165) is 74.9 Å². The summed E-state index contributed by atoms with van der Waals surface area (Å²) in [5.41, 5.74) is 4.46. The van der Waals surface area contributed by atoms with Gasteiger partial charge < -0.3 is 15.1 Å². The molecule has 0 bridgehead atoms. The van der Waals surface area contributed by atoms with E-state index >= 15 is 0 Å². The number of carbonyl (C=O) groups is 1. The van der Waals surface area contributed by atoms with Crippen LogP contribution in [0.3, 0.4) is 0 Å². The Morgan fingerprint density at radius 2 is 1.94 bits per heavy atom. The predicted octanol–water partition coefficient (Wildman–Crippen LogP) is 3.39. The fourth-order valence-corrected chi connectivity index (χ4v) is 4.81. The van der Waals surface area contributed by atoms with E-state index in [2.05, 4.69) is 62.9 Å². The van der Waals surface area contributed by atoms with Crippen molar-refractivity contribution in [3.63, 3.8) is 0 Å². The second-order valence-electron chi connectivity index (χ2n) is 8.97. The van der Waals surface area contributed by atoms with Gasteiger partial charge in [0.1, 0.15) is 6.33 Å². The first-order chi connectivity index (χ1) is 15.6. The summed E-state index contributed by atoms with van der Waals surface area (Å²) in [5.74, 6) is 1.99. The molecule has 3 aromatic rings. The van der Waals surface area contributed by atoms with Crippen LogP contribution >= 0.6 is 0 Å². The summed E-state index contributed by atoms with van der Waals surface area (Å²) >= 11 is 0. The fraction of sp³-hybridized carbons (Fsp3) is 0.500. The number of anilines is 2. The van der Waals surface area contributed by atoms with Crippen molar-refractivity contribution in [3.8, 4) is 0 Å². The van der Waals surface area contributed by atoms with Crippen LogP contribution in [0.2, 0.25) is 0 Å². The molecule has 8 heteroatoms. The lowest BCUT2D eigenvalue weighted by Crippen LogP contribution is -2.32. The minimum atomic E-state index is 0.232. The maximum absolute atomic E-state index is 11.8. The molecule has 8 nitrogen and oxygen atoms in total. The molecule has 0 unspecified atom stereocenters. The third kappa shape index (κ3) is 3.89. The number of carbonyl (C=O) groups excluding carboxylic acids is 1. The molecule has 0 atom stereocenters. The van der Waals surface area contributed by atoms with E-state index in [0.29, 0.717) is 6.42 Å². The molecular weight excluding hydrogens is 402 g/mol. The number of nitrogens with zero attached hydrogens (tertiary/aromatic N) is 6. The van der Waals surface area contributed by atoms with Gasteiger partial charge in [-0.25, -0.2) is 15.0 Å².